The van der Waals surface area contributed by atoms with Gasteiger partial charge in [-0.3, -0.25) is 9.59 Å². The lowest BCUT2D eigenvalue weighted by Crippen LogP contribution is -2.39. The summed E-state index contributed by atoms with van der Waals surface area (Å²) in [5.41, 5.74) is 6.13. The molecule has 4 N–H and O–H groups in total. The van der Waals surface area contributed by atoms with Gasteiger partial charge >= 0.3 is 17.8 Å². The summed E-state index contributed by atoms with van der Waals surface area (Å²) >= 11 is 5.70. The quantitative estimate of drug-likeness (QED) is 0.415. The molecule has 0 radical (unpaired) electrons. The van der Waals surface area contributed by atoms with Crippen LogP contribution in [0, 0.1) is 6.92 Å². The van der Waals surface area contributed by atoms with Gasteiger partial charge in [-0.25, -0.2) is 4.79 Å². The first-order valence-electron chi connectivity index (χ1n) is 5.40. The van der Waals surface area contributed by atoms with Crippen molar-refractivity contribution in [1.82, 2.24) is 5.32 Å². The molecule has 108 valence electrons. The average molecular weight is 315 g/mol. The zero-order valence-corrected chi connectivity index (χ0v) is 12.4. The molecule has 0 atom stereocenters. The molecule has 1 heterocycles. The van der Waals surface area contributed by atoms with E-state index in [1.54, 1.807) is 12.3 Å². The summed E-state index contributed by atoms with van der Waals surface area (Å²) in [6.07, 6.45) is 0. The second-order valence-electron chi connectivity index (χ2n) is 3.72. The number of ether oxygens (including phenoxy) is 1. The number of nitrogens with one attached hydrogen (secondary N) is 2. The van der Waals surface area contributed by atoms with E-state index in [1.165, 1.54) is 7.11 Å². The second-order valence-corrected chi connectivity index (χ2v) is 5.12. The van der Waals surface area contributed by atoms with Crippen LogP contribution in [0.1, 0.15) is 15.2 Å². The number of thiophene rings is 1. The molecule has 0 aliphatic rings. The molecule has 0 saturated heterocycles. The molecular weight excluding hydrogens is 302 g/mol. The van der Waals surface area contributed by atoms with E-state index in [1.807, 2.05) is 0 Å². The zero-order valence-electron chi connectivity index (χ0n) is 10.8. The van der Waals surface area contributed by atoms with Crippen LogP contribution in [0.3, 0.4) is 0 Å². The first kappa shape index (κ1) is 16.1. The highest BCUT2D eigenvalue weighted by molar-refractivity contribution is 7.80. The molecule has 1 aromatic rings. The first-order valence-corrected chi connectivity index (χ1v) is 6.69. The third-order valence-corrected chi connectivity index (χ3v) is 3.44. The fourth-order valence-electron chi connectivity index (χ4n) is 1.26. The fourth-order valence-corrected chi connectivity index (χ4v) is 2.25. The summed E-state index contributed by atoms with van der Waals surface area (Å²) in [5.74, 6) is -2.38. The maximum Gasteiger partial charge on any atom is 0.350 e. The van der Waals surface area contributed by atoms with Crippen LogP contribution in [0.4, 0.5) is 5.69 Å². The number of methoxy groups -OCH3 is 1. The molecule has 9 heteroatoms. The van der Waals surface area contributed by atoms with E-state index in [0.717, 1.165) is 11.3 Å². The first-order chi connectivity index (χ1) is 9.36. The minimum absolute atomic E-state index is 0.0631. The molecule has 0 spiro atoms. The number of esters is 1. The largest absolute Gasteiger partial charge is 0.465 e. The second kappa shape index (κ2) is 6.96. The molecule has 0 aliphatic carbocycles. The number of hydrogen-bond acceptors (Lipinski definition) is 6. The predicted octanol–water partition coefficient (Wildman–Crippen LogP) is 0.184. The summed E-state index contributed by atoms with van der Waals surface area (Å²) in [6.45, 7) is 1.62. The van der Waals surface area contributed by atoms with E-state index in [4.69, 9.17) is 5.73 Å². The monoisotopic (exact) mass is 315 g/mol. The predicted molar refractivity (Wildman–Crippen MR) is 78.8 cm³/mol. The van der Waals surface area contributed by atoms with Crippen molar-refractivity contribution < 1.29 is 19.1 Å². The van der Waals surface area contributed by atoms with Gasteiger partial charge in [0.15, 0.2) is 0 Å². The van der Waals surface area contributed by atoms with Gasteiger partial charge in [0.2, 0.25) is 0 Å². The van der Waals surface area contributed by atoms with Crippen LogP contribution in [0.15, 0.2) is 5.38 Å². The number of anilines is 1. The van der Waals surface area contributed by atoms with E-state index in [2.05, 4.69) is 27.6 Å². The maximum absolute atomic E-state index is 11.7. The Hall–Kier alpha value is -2.00. The van der Waals surface area contributed by atoms with Crippen LogP contribution in [0.25, 0.3) is 0 Å². The van der Waals surface area contributed by atoms with E-state index in [9.17, 15) is 14.4 Å². The minimum atomic E-state index is -0.909. The summed E-state index contributed by atoms with van der Waals surface area (Å²) in [7, 11) is 1.23. The SMILES string of the molecule is COC(=O)c1scc(C)c1NC(=O)C(=O)NCC(N)=S. The van der Waals surface area contributed by atoms with Crippen molar-refractivity contribution in [2.75, 3.05) is 19.0 Å². The van der Waals surface area contributed by atoms with Gasteiger partial charge in [0, 0.05) is 0 Å². The molecule has 0 bridgehead atoms. The molecule has 1 aromatic heterocycles. The normalized spacial score (nSPS) is 9.70. The van der Waals surface area contributed by atoms with Crippen LogP contribution in [-0.2, 0) is 14.3 Å². The Balaban J connectivity index is 2.80. The van der Waals surface area contributed by atoms with E-state index in [0.29, 0.717) is 5.56 Å². The van der Waals surface area contributed by atoms with Gasteiger partial charge in [-0.05, 0) is 17.9 Å². The number of hydrogen-bond donors (Lipinski definition) is 3. The van der Waals surface area contributed by atoms with Gasteiger partial charge in [-0.15, -0.1) is 11.3 Å². The summed E-state index contributed by atoms with van der Waals surface area (Å²) in [4.78, 5) is 35.0. The van der Waals surface area contributed by atoms with Crippen molar-refractivity contribution in [2.24, 2.45) is 5.73 Å². The third-order valence-electron chi connectivity index (χ3n) is 2.21. The van der Waals surface area contributed by atoms with E-state index in [-0.39, 0.29) is 22.1 Å². The molecule has 20 heavy (non-hydrogen) atoms. The summed E-state index contributed by atoms with van der Waals surface area (Å²) in [5, 5.41) is 6.29. The highest BCUT2D eigenvalue weighted by atomic mass is 32.1. The Morgan fingerprint density at radius 3 is 2.60 bits per heavy atom. The highest BCUT2D eigenvalue weighted by Gasteiger charge is 2.21. The number of aryl methyl sites for hydroxylation is 1. The number of carbonyl (C=O) groups excluding carboxylic acids is 3. The summed E-state index contributed by atoms with van der Waals surface area (Å²) in [6, 6.07) is 0. The Morgan fingerprint density at radius 2 is 2.05 bits per heavy atom. The van der Waals surface area contributed by atoms with Gasteiger partial charge in [0.05, 0.1) is 24.3 Å². The number of nitrogens with two attached hydrogens (primary N) is 1. The van der Waals surface area contributed by atoms with Gasteiger partial charge in [-0.1, -0.05) is 12.2 Å². The Kier molecular flexibility index (Phi) is 5.59. The van der Waals surface area contributed by atoms with Gasteiger partial charge in [-0.2, -0.15) is 0 Å². The number of amides is 2. The molecule has 0 unspecified atom stereocenters. The van der Waals surface area contributed by atoms with Gasteiger partial charge < -0.3 is 21.1 Å². The van der Waals surface area contributed by atoms with Crippen molar-refractivity contribution in [3.63, 3.8) is 0 Å². The van der Waals surface area contributed by atoms with Crippen molar-refractivity contribution in [1.29, 1.82) is 0 Å². The molecule has 2 amide bonds. The lowest BCUT2D eigenvalue weighted by Gasteiger charge is -2.07. The minimum Gasteiger partial charge on any atom is -0.465 e. The average Bonchev–Trinajstić information content (AvgIpc) is 2.76. The van der Waals surface area contributed by atoms with Gasteiger partial charge in [0.1, 0.15) is 4.88 Å². The zero-order chi connectivity index (χ0) is 15.3. The van der Waals surface area contributed by atoms with Crippen LogP contribution >= 0.6 is 23.6 Å². The Labute approximate surface area is 124 Å². The number of thiocarbonyl (C=S) groups is 1. The molecule has 0 saturated carbocycles. The smallest absolute Gasteiger partial charge is 0.350 e. The molecule has 0 aliphatic heterocycles. The van der Waals surface area contributed by atoms with E-state index < -0.39 is 17.8 Å². The van der Waals surface area contributed by atoms with Crippen molar-refractivity contribution >= 4 is 52.0 Å². The Morgan fingerprint density at radius 1 is 1.40 bits per heavy atom. The number of carbonyl (C=O) groups is 3. The van der Waals surface area contributed by atoms with Gasteiger partial charge in [0.25, 0.3) is 0 Å². The maximum atomic E-state index is 11.7. The molecule has 7 nitrogen and oxygen atoms in total. The molecule has 1 rings (SSSR count). The van der Waals surface area contributed by atoms with Crippen LogP contribution in [0.2, 0.25) is 0 Å². The number of rotatable bonds is 4. The van der Waals surface area contributed by atoms with E-state index >= 15 is 0 Å². The Bertz CT molecular complexity index is 568. The third kappa shape index (κ3) is 4.00. The van der Waals surface area contributed by atoms with Crippen LogP contribution in [-0.4, -0.2) is 36.4 Å². The fraction of sp³-hybridized carbons (Fsp3) is 0.273. The standard InChI is InChI=1S/C11H13N3O4S2/c1-5-4-20-8(11(17)18-2)7(5)14-10(16)9(15)13-3-6(12)19/h4H,3H2,1-2H3,(H2,12,19)(H,13,15)(H,14,16). The lowest BCUT2D eigenvalue weighted by molar-refractivity contribution is -0.135. The molecule has 0 aromatic carbocycles. The van der Waals surface area contributed by atoms with Crippen molar-refractivity contribution in [2.45, 2.75) is 6.92 Å². The summed E-state index contributed by atoms with van der Waals surface area (Å²) < 4.78 is 4.60. The molecular formula is C11H13N3O4S2. The lowest BCUT2D eigenvalue weighted by atomic mass is 10.2. The topological polar surface area (TPSA) is 111 Å². The van der Waals surface area contributed by atoms with Crippen molar-refractivity contribution in [3.8, 4) is 0 Å². The van der Waals surface area contributed by atoms with Crippen molar-refractivity contribution in [3.05, 3.63) is 15.8 Å². The van der Waals surface area contributed by atoms with Crippen LogP contribution in [0.5, 0.6) is 0 Å². The highest BCUT2D eigenvalue weighted by Crippen LogP contribution is 2.28. The molecule has 0 fully saturated rings. The van der Waals surface area contributed by atoms with Crippen LogP contribution < -0.4 is 16.4 Å².